The molecule has 4 aromatic heterocycles. The van der Waals surface area contributed by atoms with Crippen LogP contribution in [-0.4, -0.2) is 34.7 Å². The molecule has 0 radical (unpaired) electrons. The lowest BCUT2D eigenvalue weighted by atomic mass is 10.2. The van der Waals surface area contributed by atoms with Gasteiger partial charge < -0.3 is 10.3 Å². The molecular weight excluding hydrogens is 434 g/mol. The van der Waals surface area contributed by atoms with E-state index in [1.165, 1.54) is 19.8 Å². The maximum absolute atomic E-state index is 13.0. The number of aromatic amines is 1. The first-order valence-corrected chi connectivity index (χ1v) is 10.5. The van der Waals surface area contributed by atoms with Crippen molar-refractivity contribution in [3.8, 4) is 0 Å². The minimum atomic E-state index is -0.414. The molecule has 0 spiro atoms. The third kappa shape index (κ3) is 3.16. The average Bonchev–Trinajstić information content (AvgIpc) is 3.41. The Kier molecular flexibility index (Phi) is 4.37. The molecule has 34 heavy (non-hydrogen) atoms. The molecule has 6 rings (SSSR count). The van der Waals surface area contributed by atoms with Crippen molar-refractivity contribution in [2.75, 3.05) is 5.32 Å². The van der Waals surface area contributed by atoms with Gasteiger partial charge in [0.1, 0.15) is 11.2 Å². The third-order valence-corrected chi connectivity index (χ3v) is 5.63. The van der Waals surface area contributed by atoms with E-state index in [-0.39, 0.29) is 23.4 Å². The fourth-order valence-corrected chi connectivity index (χ4v) is 4.03. The zero-order chi connectivity index (χ0) is 23.2. The van der Waals surface area contributed by atoms with Crippen molar-refractivity contribution in [3.63, 3.8) is 0 Å². The number of para-hydroxylation sites is 1. The molecule has 0 aliphatic carbocycles. The van der Waals surface area contributed by atoms with Gasteiger partial charge in [-0.2, -0.15) is 5.10 Å². The molecule has 2 N–H and O–H groups in total. The van der Waals surface area contributed by atoms with Crippen LogP contribution < -0.4 is 16.6 Å². The topological polar surface area (TPSA) is 119 Å². The second-order valence-corrected chi connectivity index (χ2v) is 7.81. The number of rotatable bonds is 4. The second kappa shape index (κ2) is 7.55. The molecule has 0 aliphatic heterocycles. The molecule has 0 fully saturated rings. The van der Waals surface area contributed by atoms with E-state index >= 15 is 0 Å². The van der Waals surface area contributed by atoms with E-state index in [0.29, 0.717) is 27.9 Å². The summed E-state index contributed by atoms with van der Waals surface area (Å²) < 4.78 is 4.39. The van der Waals surface area contributed by atoms with Gasteiger partial charge in [0.2, 0.25) is 0 Å². The average molecular weight is 451 g/mol. The molecule has 0 saturated heterocycles. The number of fused-ring (bicyclic) bond motifs is 4. The molecule has 0 saturated carbocycles. The quantitative estimate of drug-likeness (QED) is 0.426. The summed E-state index contributed by atoms with van der Waals surface area (Å²) >= 11 is 0. The first-order chi connectivity index (χ1) is 16.6. The minimum Gasteiger partial charge on any atom is -0.322 e. The van der Waals surface area contributed by atoms with Crippen LogP contribution >= 0.6 is 0 Å². The number of hydrogen-bond acceptors (Lipinski definition) is 5. The molecule has 10 nitrogen and oxygen atoms in total. The lowest BCUT2D eigenvalue weighted by molar-refractivity contribution is 0.102. The van der Waals surface area contributed by atoms with E-state index in [0.717, 1.165) is 5.56 Å². The highest BCUT2D eigenvalue weighted by molar-refractivity contribution is 6.08. The Labute approximate surface area is 190 Å². The zero-order valence-electron chi connectivity index (χ0n) is 17.7. The van der Waals surface area contributed by atoms with Crippen LogP contribution in [0, 0.1) is 0 Å². The van der Waals surface area contributed by atoms with Crippen molar-refractivity contribution in [1.29, 1.82) is 0 Å². The van der Waals surface area contributed by atoms with E-state index in [4.69, 9.17) is 0 Å². The summed E-state index contributed by atoms with van der Waals surface area (Å²) in [6.07, 6.45) is 3.09. The predicted molar refractivity (Wildman–Crippen MR) is 126 cm³/mol. The predicted octanol–water partition coefficient (Wildman–Crippen LogP) is 2.29. The van der Waals surface area contributed by atoms with E-state index < -0.39 is 5.91 Å². The van der Waals surface area contributed by atoms with Crippen LogP contribution in [-0.2, 0) is 6.54 Å². The summed E-state index contributed by atoms with van der Waals surface area (Å²) in [5.74, 6) is -0.414. The van der Waals surface area contributed by atoms with Crippen molar-refractivity contribution in [2.24, 2.45) is 0 Å². The minimum absolute atomic E-state index is 0.241. The van der Waals surface area contributed by atoms with Crippen molar-refractivity contribution < 1.29 is 4.79 Å². The first-order valence-electron chi connectivity index (χ1n) is 10.5. The lowest BCUT2D eigenvalue weighted by Gasteiger charge is -2.07. The van der Waals surface area contributed by atoms with E-state index in [1.807, 2.05) is 18.2 Å². The largest absolute Gasteiger partial charge is 0.350 e. The van der Waals surface area contributed by atoms with Crippen LogP contribution in [0.2, 0.25) is 0 Å². The molecule has 4 heterocycles. The Morgan fingerprint density at radius 3 is 2.74 bits per heavy atom. The van der Waals surface area contributed by atoms with Gasteiger partial charge in [-0.15, -0.1) is 5.10 Å². The van der Waals surface area contributed by atoms with Gasteiger partial charge in [-0.05, 0) is 42.0 Å². The molecule has 166 valence electrons. The molecule has 1 amide bonds. The lowest BCUT2D eigenvalue weighted by Crippen LogP contribution is -2.21. The highest BCUT2D eigenvalue weighted by Gasteiger charge is 2.16. The van der Waals surface area contributed by atoms with Gasteiger partial charge >= 0.3 is 5.69 Å². The third-order valence-electron chi connectivity index (χ3n) is 5.63. The van der Waals surface area contributed by atoms with Gasteiger partial charge in [0.15, 0.2) is 5.65 Å². The van der Waals surface area contributed by atoms with Gasteiger partial charge in [-0.3, -0.25) is 14.0 Å². The zero-order valence-corrected chi connectivity index (χ0v) is 17.7. The van der Waals surface area contributed by atoms with Crippen molar-refractivity contribution >= 4 is 33.8 Å². The molecule has 2 aromatic carbocycles. The number of nitrogens with one attached hydrogen (secondary N) is 2. The smallest absolute Gasteiger partial charge is 0.322 e. The monoisotopic (exact) mass is 451 g/mol. The number of amides is 1. The molecular formula is C24H17N7O3. The Morgan fingerprint density at radius 1 is 1.00 bits per heavy atom. The number of carbonyl (C=O) groups is 1. The summed E-state index contributed by atoms with van der Waals surface area (Å²) in [4.78, 5) is 40.8. The van der Waals surface area contributed by atoms with Gasteiger partial charge in [-0.1, -0.05) is 30.3 Å². The van der Waals surface area contributed by atoms with Crippen molar-refractivity contribution in [2.45, 2.75) is 6.54 Å². The van der Waals surface area contributed by atoms with Crippen LogP contribution in [0.25, 0.3) is 22.2 Å². The first kappa shape index (κ1) is 19.7. The fourth-order valence-electron chi connectivity index (χ4n) is 4.03. The number of aromatic nitrogens is 6. The van der Waals surface area contributed by atoms with Crippen LogP contribution in [0.15, 0.2) is 88.7 Å². The van der Waals surface area contributed by atoms with Gasteiger partial charge in [0.25, 0.3) is 11.5 Å². The molecule has 6 aromatic rings. The normalized spacial score (nSPS) is 11.4. The second-order valence-electron chi connectivity index (χ2n) is 7.81. The number of anilines is 1. The Hall–Kier alpha value is -4.99. The number of hydrogen-bond donors (Lipinski definition) is 2. The van der Waals surface area contributed by atoms with Crippen LogP contribution in [0.5, 0.6) is 0 Å². The Balaban J connectivity index is 1.30. The summed E-state index contributed by atoms with van der Waals surface area (Å²) in [6.45, 7) is 0.250. The van der Waals surface area contributed by atoms with Gasteiger partial charge in [0.05, 0.1) is 23.6 Å². The summed E-state index contributed by atoms with van der Waals surface area (Å²) in [7, 11) is 0. The summed E-state index contributed by atoms with van der Waals surface area (Å²) in [5.41, 5.74) is 2.53. The SMILES string of the molecule is O=C(Nc1cccc(Cn2nc3ccccn3c2=O)c1)c1cnn2c1[nH]c(=O)c1ccccc12. The Bertz CT molecular complexity index is 1840. The highest BCUT2D eigenvalue weighted by Crippen LogP contribution is 2.17. The molecule has 0 bridgehead atoms. The van der Waals surface area contributed by atoms with Crippen molar-refractivity contribution in [3.05, 3.63) is 111 Å². The number of nitrogens with zero attached hydrogens (tertiary/aromatic N) is 5. The van der Waals surface area contributed by atoms with Crippen molar-refractivity contribution in [1.82, 2.24) is 28.8 Å². The maximum Gasteiger partial charge on any atom is 0.350 e. The van der Waals surface area contributed by atoms with E-state index in [1.54, 1.807) is 54.7 Å². The fraction of sp³-hybridized carbons (Fsp3) is 0.0417. The highest BCUT2D eigenvalue weighted by atomic mass is 16.2. The maximum atomic E-state index is 13.0. The molecule has 0 atom stereocenters. The molecule has 10 heteroatoms. The molecule has 0 unspecified atom stereocenters. The van der Waals surface area contributed by atoms with Crippen LogP contribution in [0.4, 0.5) is 5.69 Å². The summed E-state index contributed by atoms with van der Waals surface area (Å²) in [6, 6.07) is 19.6. The van der Waals surface area contributed by atoms with Gasteiger partial charge in [0, 0.05) is 11.9 Å². The number of carbonyl (C=O) groups excluding carboxylic acids is 1. The standard InChI is InChI=1S/C24H17N7O3/c32-22-17-8-1-2-9-19(17)31-21(27-22)18(13-25-31)23(33)26-16-7-5-6-15(12-16)14-30-24(34)29-11-4-3-10-20(29)28-30/h1-13H,14H2,(H,26,33)(H,27,32). The van der Waals surface area contributed by atoms with E-state index in [2.05, 4.69) is 20.5 Å². The van der Waals surface area contributed by atoms with Crippen LogP contribution in [0.1, 0.15) is 15.9 Å². The summed E-state index contributed by atoms with van der Waals surface area (Å²) in [5, 5.41) is 12.0. The van der Waals surface area contributed by atoms with E-state index in [9.17, 15) is 14.4 Å². The van der Waals surface area contributed by atoms with Crippen LogP contribution in [0.3, 0.4) is 0 Å². The number of H-pyrrole nitrogens is 1. The molecule has 0 aliphatic rings. The Morgan fingerprint density at radius 2 is 1.85 bits per heavy atom. The number of pyridine rings is 1. The number of benzene rings is 2. The van der Waals surface area contributed by atoms with Gasteiger partial charge in [-0.25, -0.2) is 14.0 Å².